The topological polar surface area (TPSA) is 17.8 Å². The summed E-state index contributed by atoms with van der Waals surface area (Å²) in [5.41, 5.74) is 1.36. The van der Waals surface area contributed by atoms with Gasteiger partial charge in [0.2, 0.25) is 0 Å². The van der Waals surface area contributed by atoms with E-state index in [0.717, 1.165) is 0 Å². The van der Waals surface area contributed by atoms with Crippen molar-refractivity contribution in [3.05, 3.63) is 18.2 Å². The summed E-state index contributed by atoms with van der Waals surface area (Å²) in [6.45, 7) is 8.97. The molecule has 14 heavy (non-hydrogen) atoms. The van der Waals surface area contributed by atoms with Crippen molar-refractivity contribution in [1.82, 2.24) is 9.55 Å². The first-order valence-electron chi connectivity index (χ1n) is 5.68. The summed E-state index contributed by atoms with van der Waals surface area (Å²) in [5, 5.41) is 0. The molecule has 1 heterocycles. The average Bonchev–Trinajstić information content (AvgIpc) is 2.62. The Balaban J connectivity index is 2.68. The summed E-state index contributed by atoms with van der Waals surface area (Å²) >= 11 is 0. The molecule has 1 unspecified atom stereocenters. The van der Waals surface area contributed by atoms with Gasteiger partial charge >= 0.3 is 0 Å². The van der Waals surface area contributed by atoms with Crippen LogP contribution in [0, 0.1) is 0 Å². The van der Waals surface area contributed by atoms with Gasteiger partial charge in [0.15, 0.2) is 0 Å². The van der Waals surface area contributed by atoms with Crippen LogP contribution in [-0.4, -0.2) is 9.55 Å². The third-order valence-corrected chi connectivity index (χ3v) is 2.74. The van der Waals surface area contributed by atoms with Crippen molar-refractivity contribution in [2.75, 3.05) is 0 Å². The fourth-order valence-corrected chi connectivity index (χ4v) is 1.77. The van der Waals surface area contributed by atoms with E-state index in [4.69, 9.17) is 0 Å². The first-order chi connectivity index (χ1) is 6.66. The standard InChI is InChI=1S/C12H22N2/c1-5-6-7-11(4)14-9-13-8-12(14)10(2)3/h8-11H,5-7H2,1-4H3. The van der Waals surface area contributed by atoms with E-state index < -0.39 is 0 Å². The van der Waals surface area contributed by atoms with Gasteiger partial charge in [-0.3, -0.25) is 0 Å². The van der Waals surface area contributed by atoms with E-state index in [0.29, 0.717) is 12.0 Å². The van der Waals surface area contributed by atoms with Gasteiger partial charge in [0.1, 0.15) is 0 Å². The van der Waals surface area contributed by atoms with Gasteiger partial charge in [-0.05, 0) is 19.3 Å². The Kier molecular flexibility index (Phi) is 4.18. The predicted molar refractivity (Wildman–Crippen MR) is 60.6 cm³/mol. The Morgan fingerprint density at radius 3 is 2.64 bits per heavy atom. The number of rotatable bonds is 5. The molecule has 0 aromatic carbocycles. The van der Waals surface area contributed by atoms with Crippen molar-refractivity contribution < 1.29 is 0 Å². The molecule has 0 bridgehead atoms. The van der Waals surface area contributed by atoms with Crippen LogP contribution >= 0.6 is 0 Å². The lowest BCUT2D eigenvalue weighted by molar-refractivity contribution is 0.465. The van der Waals surface area contributed by atoms with E-state index in [2.05, 4.69) is 37.2 Å². The molecule has 0 radical (unpaired) electrons. The molecule has 0 spiro atoms. The third-order valence-electron chi connectivity index (χ3n) is 2.74. The SMILES string of the molecule is CCCCC(C)n1cncc1C(C)C. The van der Waals surface area contributed by atoms with E-state index >= 15 is 0 Å². The maximum Gasteiger partial charge on any atom is 0.0950 e. The summed E-state index contributed by atoms with van der Waals surface area (Å²) in [5.74, 6) is 0.571. The van der Waals surface area contributed by atoms with Gasteiger partial charge in [-0.1, -0.05) is 33.6 Å². The van der Waals surface area contributed by atoms with Crippen molar-refractivity contribution in [3.63, 3.8) is 0 Å². The smallest absolute Gasteiger partial charge is 0.0950 e. The number of nitrogens with zero attached hydrogens (tertiary/aromatic N) is 2. The second-order valence-electron chi connectivity index (χ2n) is 4.37. The van der Waals surface area contributed by atoms with Gasteiger partial charge in [0, 0.05) is 17.9 Å². The predicted octanol–water partition coefficient (Wildman–Crippen LogP) is 3.76. The minimum atomic E-state index is 0.571. The zero-order valence-corrected chi connectivity index (χ0v) is 9.83. The van der Waals surface area contributed by atoms with Crippen molar-refractivity contribution in [3.8, 4) is 0 Å². The highest BCUT2D eigenvalue weighted by Crippen LogP contribution is 2.21. The Bertz CT molecular complexity index is 263. The molecule has 0 aliphatic rings. The first kappa shape index (κ1) is 11.3. The Morgan fingerprint density at radius 2 is 2.07 bits per heavy atom. The second-order valence-corrected chi connectivity index (χ2v) is 4.37. The summed E-state index contributed by atoms with van der Waals surface area (Å²) < 4.78 is 2.32. The molecule has 0 N–H and O–H groups in total. The minimum absolute atomic E-state index is 0.571. The zero-order chi connectivity index (χ0) is 10.6. The fourth-order valence-electron chi connectivity index (χ4n) is 1.77. The van der Waals surface area contributed by atoms with Crippen LogP contribution in [0.25, 0.3) is 0 Å². The largest absolute Gasteiger partial charge is 0.332 e. The lowest BCUT2D eigenvalue weighted by Gasteiger charge is -2.17. The molecule has 1 aromatic heterocycles. The molecular weight excluding hydrogens is 172 g/mol. The van der Waals surface area contributed by atoms with E-state index in [9.17, 15) is 0 Å². The summed E-state index contributed by atoms with van der Waals surface area (Å²) in [6.07, 6.45) is 7.79. The van der Waals surface area contributed by atoms with Crippen molar-refractivity contribution in [1.29, 1.82) is 0 Å². The first-order valence-corrected chi connectivity index (χ1v) is 5.68. The van der Waals surface area contributed by atoms with E-state index in [1.807, 2.05) is 12.5 Å². The Hall–Kier alpha value is -0.790. The van der Waals surface area contributed by atoms with Crippen LogP contribution in [-0.2, 0) is 0 Å². The van der Waals surface area contributed by atoms with Crippen molar-refractivity contribution >= 4 is 0 Å². The van der Waals surface area contributed by atoms with Gasteiger partial charge in [-0.15, -0.1) is 0 Å². The van der Waals surface area contributed by atoms with Gasteiger partial charge in [0.05, 0.1) is 6.33 Å². The number of aromatic nitrogens is 2. The van der Waals surface area contributed by atoms with Crippen LogP contribution in [0.3, 0.4) is 0 Å². The molecule has 2 nitrogen and oxygen atoms in total. The normalized spacial score (nSPS) is 13.5. The maximum absolute atomic E-state index is 4.24. The molecule has 0 amide bonds. The minimum Gasteiger partial charge on any atom is -0.332 e. The molecule has 0 saturated heterocycles. The zero-order valence-electron chi connectivity index (χ0n) is 9.83. The number of imidazole rings is 1. The van der Waals surface area contributed by atoms with Crippen LogP contribution in [0.5, 0.6) is 0 Å². The molecule has 0 aliphatic heterocycles. The average molecular weight is 194 g/mol. The summed E-state index contributed by atoms with van der Waals surface area (Å²) in [4.78, 5) is 4.24. The number of hydrogen-bond donors (Lipinski definition) is 0. The molecule has 1 rings (SSSR count). The number of unbranched alkanes of at least 4 members (excludes halogenated alkanes) is 1. The molecule has 1 atom stereocenters. The van der Waals surface area contributed by atoms with Gasteiger partial charge in [-0.25, -0.2) is 4.98 Å². The van der Waals surface area contributed by atoms with E-state index in [1.54, 1.807) is 0 Å². The third kappa shape index (κ3) is 2.60. The van der Waals surface area contributed by atoms with Gasteiger partial charge in [-0.2, -0.15) is 0 Å². The van der Waals surface area contributed by atoms with Gasteiger partial charge in [0.25, 0.3) is 0 Å². The van der Waals surface area contributed by atoms with Gasteiger partial charge < -0.3 is 4.57 Å². The molecule has 1 aromatic rings. The monoisotopic (exact) mass is 194 g/mol. The summed E-state index contributed by atoms with van der Waals surface area (Å²) in [6, 6.07) is 0.592. The second kappa shape index (κ2) is 5.18. The quantitative estimate of drug-likeness (QED) is 0.698. The number of hydrogen-bond acceptors (Lipinski definition) is 1. The van der Waals surface area contributed by atoms with Crippen LogP contribution in [0.2, 0.25) is 0 Å². The van der Waals surface area contributed by atoms with Crippen molar-refractivity contribution in [2.24, 2.45) is 0 Å². The van der Waals surface area contributed by atoms with Crippen LogP contribution in [0.15, 0.2) is 12.5 Å². The van der Waals surface area contributed by atoms with Crippen LogP contribution in [0.1, 0.15) is 64.6 Å². The van der Waals surface area contributed by atoms with E-state index in [-0.39, 0.29) is 0 Å². The molecule has 0 fully saturated rings. The van der Waals surface area contributed by atoms with Crippen LogP contribution < -0.4 is 0 Å². The Labute approximate surface area is 87.4 Å². The highest BCUT2D eigenvalue weighted by molar-refractivity contribution is 5.04. The fraction of sp³-hybridized carbons (Fsp3) is 0.750. The lowest BCUT2D eigenvalue weighted by Crippen LogP contribution is -2.08. The lowest BCUT2D eigenvalue weighted by atomic mass is 10.1. The molecular formula is C12H22N2. The summed E-state index contributed by atoms with van der Waals surface area (Å²) in [7, 11) is 0. The maximum atomic E-state index is 4.24. The van der Waals surface area contributed by atoms with Crippen molar-refractivity contribution in [2.45, 2.75) is 58.9 Å². The van der Waals surface area contributed by atoms with E-state index in [1.165, 1.54) is 25.0 Å². The molecule has 80 valence electrons. The molecule has 2 heteroatoms. The van der Waals surface area contributed by atoms with Crippen LogP contribution in [0.4, 0.5) is 0 Å². The highest BCUT2D eigenvalue weighted by atomic mass is 15.1. The molecule has 0 aliphatic carbocycles. The Morgan fingerprint density at radius 1 is 1.36 bits per heavy atom. The molecule has 0 saturated carbocycles. The highest BCUT2D eigenvalue weighted by Gasteiger charge is 2.11.